The van der Waals surface area contributed by atoms with Crippen LogP contribution in [0.1, 0.15) is 29.2 Å². The van der Waals surface area contributed by atoms with Gasteiger partial charge in [-0.2, -0.15) is 17.7 Å². The fourth-order valence-electron chi connectivity index (χ4n) is 4.28. The molecule has 0 fully saturated rings. The van der Waals surface area contributed by atoms with Gasteiger partial charge in [-0.3, -0.25) is 9.89 Å². The molecule has 2 unspecified atom stereocenters. The van der Waals surface area contributed by atoms with Crippen LogP contribution in [0.4, 0.5) is 0 Å². The van der Waals surface area contributed by atoms with Crippen molar-refractivity contribution in [1.82, 2.24) is 15.5 Å². The molecule has 1 heterocycles. The molecule has 1 amide bonds. The second kappa shape index (κ2) is 8.81. The number of aromatic nitrogens is 2. The van der Waals surface area contributed by atoms with Gasteiger partial charge in [-0.25, -0.2) is 4.79 Å². The molecule has 1 aliphatic rings. The lowest BCUT2D eigenvalue weighted by atomic mass is 9.87. The molecule has 3 N–H and O–H groups in total. The van der Waals surface area contributed by atoms with Crippen LogP contribution in [0.25, 0.3) is 10.9 Å². The summed E-state index contributed by atoms with van der Waals surface area (Å²) in [5.41, 5.74) is 3.84. The minimum absolute atomic E-state index is 0.0336. The Morgan fingerprint density at radius 1 is 1.30 bits per heavy atom. The first kappa shape index (κ1) is 20.9. The molecule has 30 heavy (non-hydrogen) atoms. The Hall–Kier alpha value is -2.32. The highest BCUT2D eigenvalue weighted by Crippen LogP contribution is 2.40. The Balaban J connectivity index is 1.52. The van der Waals surface area contributed by atoms with E-state index in [1.807, 2.05) is 36.4 Å². The molecule has 0 saturated heterocycles. The molecule has 1 aromatic heterocycles. The van der Waals surface area contributed by atoms with Crippen LogP contribution in [0.5, 0.6) is 0 Å². The molecule has 6 nitrogen and oxygen atoms in total. The molecular weight excluding hydrogens is 466 g/mol. The summed E-state index contributed by atoms with van der Waals surface area (Å²) in [6.45, 7) is 0. The third-order valence-corrected chi connectivity index (χ3v) is 6.70. The Labute approximate surface area is 188 Å². The number of carboxylic acid groups (broad SMARTS) is 1. The number of hydrogen-bond donors (Lipinski definition) is 4. The van der Waals surface area contributed by atoms with Gasteiger partial charge in [-0.05, 0) is 48.1 Å². The van der Waals surface area contributed by atoms with Crippen molar-refractivity contribution < 1.29 is 14.7 Å². The molecule has 0 bridgehead atoms. The molecule has 2 aromatic carbocycles. The van der Waals surface area contributed by atoms with Gasteiger partial charge in [-0.15, -0.1) is 0 Å². The molecule has 1 aliphatic carbocycles. The molecule has 0 spiro atoms. The van der Waals surface area contributed by atoms with E-state index in [4.69, 9.17) is 0 Å². The van der Waals surface area contributed by atoms with Crippen LogP contribution in [0.3, 0.4) is 0 Å². The number of aryl methyl sites for hydroxylation is 1. The monoisotopic (exact) mass is 487 g/mol. The number of aliphatic carboxylic acids is 1. The molecule has 0 radical (unpaired) electrons. The Kier molecular flexibility index (Phi) is 6.15. The number of fused-ring (bicyclic) bond motifs is 2. The van der Waals surface area contributed by atoms with Crippen molar-refractivity contribution in [3.8, 4) is 0 Å². The molecule has 4 rings (SSSR count). The normalized spacial score (nSPS) is 17.5. The number of H-pyrrole nitrogens is 1. The number of nitrogens with zero attached hydrogens (tertiary/aromatic N) is 1. The van der Waals surface area contributed by atoms with Gasteiger partial charge in [-0.1, -0.05) is 40.2 Å². The number of para-hydroxylation sites is 1. The highest BCUT2D eigenvalue weighted by Gasteiger charge is 2.35. The van der Waals surface area contributed by atoms with Gasteiger partial charge in [0.15, 0.2) is 0 Å². The van der Waals surface area contributed by atoms with Crippen LogP contribution >= 0.6 is 28.6 Å². The lowest BCUT2D eigenvalue weighted by Crippen LogP contribution is -2.46. The minimum atomic E-state index is -1.08. The Morgan fingerprint density at radius 3 is 2.87 bits per heavy atom. The second-order valence-electron chi connectivity index (χ2n) is 7.60. The molecule has 3 aromatic rings. The lowest BCUT2D eigenvalue weighted by Gasteiger charge is -2.24. The molecular formula is C22H22BrN3O3S. The summed E-state index contributed by atoms with van der Waals surface area (Å²) in [6.07, 6.45) is 1.86. The number of carboxylic acids is 1. The number of aromatic amines is 1. The van der Waals surface area contributed by atoms with E-state index in [0.29, 0.717) is 11.4 Å². The third-order valence-electron chi connectivity index (χ3n) is 5.81. The Morgan fingerprint density at radius 2 is 2.10 bits per heavy atom. The maximum Gasteiger partial charge on any atom is 0.326 e. The Bertz CT molecular complexity index is 1100. The molecule has 156 valence electrons. The first-order chi connectivity index (χ1) is 14.5. The third kappa shape index (κ3) is 4.11. The number of benzene rings is 2. The number of carbonyl (C=O) groups excluding carboxylic acids is 1. The van der Waals surface area contributed by atoms with E-state index >= 15 is 0 Å². The molecule has 0 saturated carbocycles. The number of nitrogens with one attached hydrogen (secondary N) is 2. The smallest absolute Gasteiger partial charge is 0.326 e. The number of halogens is 1. The highest BCUT2D eigenvalue weighted by atomic mass is 79.9. The van der Waals surface area contributed by atoms with Gasteiger partial charge in [0.2, 0.25) is 5.91 Å². The summed E-state index contributed by atoms with van der Waals surface area (Å²) in [4.78, 5) is 25.0. The topological polar surface area (TPSA) is 95.1 Å². The number of rotatable bonds is 7. The molecule has 0 aliphatic heterocycles. The number of carbonyl (C=O) groups is 2. The zero-order valence-electron chi connectivity index (χ0n) is 16.1. The van der Waals surface area contributed by atoms with Gasteiger partial charge < -0.3 is 10.4 Å². The fourth-order valence-corrected chi connectivity index (χ4v) is 5.11. The largest absolute Gasteiger partial charge is 0.480 e. The number of hydrogen-bond acceptors (Lipinski definition) is 4. The quantitative estimate of drug-likeness (QED) is 0.382. The lowest BCUT2D eigenvalue weighted by molar-refractivity contribution is -0.142. The summed E-state index contributed by atoms with van der Waals surface area (Å²) in [7, 11) is 0. The maximum atomic E-state index is 13.1. The molecule has 8 heteroatoms. The summed E-state index contributed by atoms with van der Waals surface area (Å²) in [5.74, 6) is -1.37. The first-order valence-electron chi connectivity index (χ1n) is 9.82. The average Bonchev–Trinajstić information content (AvgIpc) is 3.32. The van der Waals surface area contributed by atoms with E-state index in [1.165, 1.54) is 5.56 Å². The van der Waals surface area contributed by atoms with Crippen LogP contribution in [-0.4, -0.2) is 39.0 Å². The second-order valence-corrected chi connectivity index (χ2v) is 8.88. The fraction of sp³-hybridized carbons (Fsp3) is 0.318. The van der Waals surface area contributed by atoms with Crippen LogP contribution in [0, 0.1) is 5.92 Å². The zero-order valence-corrected chi connectivity index (χ0v) is 18.6. The standard InChI is InChI=1S/C22H22BrN3O3S/c23-13-6-8-14-12(9-13)5-7-15(14)17(11-30)21(27)24-20(22(28)29)10-19-16-3-1-2-4-18(16)25-26-19/h1-4,6,8-9,15,17,20,30H,5,7,10-11H2,(H,24,27)(H,25,26)(H,28,29)/t15?,17?,20-/m0/s1. The van der Waals surface area contributed by atoms with E-state index < -0.39 is 17.9 Å². The van der Waals surface area contributed by atoms with Crippen molar-refractivity contribution in [2.24, 2.45) is 5.92 Å². The van der Waals surface area contributed by atoms with Crippen molar-refractivity contribution in [1.29, 1.82) is 0 Å². The van der Waals surface area contributed by atoms with Gasteiger partial charge in [0, 0.05) is 22.0 Å². The van der Waals surface area contributed by atoms with Crippen LogP contribution in [0.15, 0.2) is 46.9 Å². The van der Waals surface area contributed by atoms with Crippen molar-refractivity contribution >= 4 is 51.3 Å². The minimum Gasteiger partial charge on any atom is -0.480 e. The van der Waals surface area contributed by atoms with E-state index in [0.717, 1.165) is 33.8 Å². The van der Waals surface area contributed by atoms with Crippen molar-refractivity contribution in [3.63, 3.8) is 0 Å². The van der Waals surface area contributed by atoms with E-state index in [1.54, 1.807) is 0 Å². The van der Waals surface area contributed by atoms with Gasteiger partial charge >= 0.3 is 5.97 Å². The summed E-state index contributed by atoms with van der Waals surface area (Å²) < 4.78 is 1.02. The van der Waals surface area contributed by atoms with E-state index in [-0.39, 0.29) is 18.2 Å². The van der Waals surface area contributed by atoms with Crippen LogP contribution in [0.2, 0.25) is 0 Å². The maximum absolute atomic E-state index is 13.1. The highest BCUT2D eigenvalue weighted by molar-refractivity contribution is 9.10. The van der Waals surface area contributed by atoms with E-state index in [9.17, 15) is 14.7 Å². The average molecular weight is 488 g/mol. The van der Waals surface area contributed by atoms with Crippen molar-refractivity contribution in [3.05, 3.63) is 63.8 Å². The number of thiol groups is 1. The predicted molar refractivity (Wildman–Crippen MR) is 122 cm³/mol. The number of amides is 1. The van der Waals surface area contributed by atoms with Crippen molar-refractivity contribution in [2.45, 2.75) is 31.2 Å². The van der Waals surface area contributed by atoms with Gasteiger partial charge in [0.05, 0.1) is 17.1 Å². The zero-order chi connectivity index (χ0) is 21.3. The summed E-state index contributed by atoms with van der Waals surface area (Å²) in [5, 5.41) is 20.5. The van der Waals surface area contributed by atoms with Crippen LogP contribution in [-0.2, 0) is 22.4 Å². The van der Waals surface area contributed by atoms with E-state index in [2.05, 4.69) is 50.1 Å². The first-order valence-corrected chi connectivity index (χ1v) is 11.2. The van der Waals surface area contributed by atoms with Gasteiger partial charge in [0.1, 0.15) is 6.04 Å². The van der Waals surface area contributed by atoms with Crippen LogP contribution < -0.4 is 5.32 Å². The van der Waals surface area contributed by atoms with Gasteiger partial charge in [0.25, 0.3) is 0 Å². The molecule has 3 atom stereocenters. The summed E-state index contributed by atoms with van der Waals surface area (Å²) >= 11 is 7.91. The predicted octanol–water partition coefficient (Wildman–Crippen LogP) is 3.71. The van der Waals surface area contributed by atoms with Crippen molar-refractivity contribution in [2.75, 3.05) is 5.75 Å². The SMILES string of the molecule is O=C(N[C@@H](Cc1n[nH]c2ccccc12)C(=O)O)C(CS)C1CCc2cc(Br)ccc21. The summed E-state index contributed by atoms with van der Waals surface area (Å²) in [6, 6.07) is 12.6.